The van der Waals surface area contributed by atoms with Gasteiger partial charge in [0, 0.05) is 11.4 Å². The summed E-state index contributed by atoms with van der Waals surface area (Å²) in [7, 11) is 0. The molecule has 1 aromatic carbocycles. The highest BCUT2D eigenvalue weighted by atomic mass is 16.3. The number of carbonyl (C=O) groups excluding carboxylic acids is 1. The first-order chi connectivity index (χ1) is 8.65. The van der Waals surface area contributed by atoms with Crippen LogP contribution in [0.4, 0.5) is 0 Å². The van der Waals surface area contributed by atoms with Crippen LogP contribution in [-0.2, 0) is 11.3 Å². The van der Waals surface area contributed by atoms with Crippen molar-refractivity contribution in [2.75, 3.05) is 6.54 Å². The van der Waals surface area contributed by atoms with Crippen LogP contribution in [0.2, 0.25) is 0 Å². The zero-order valence-electron chi connectivity index (χ0n) is 10.7. The highest BCUT2D eigenvalue weighted by Crippen LogP contribution is 2.18. The predicted octanol–water partition coefficient (Wildman–Crippen LogP) is 2.05. The van der Waals surface area contributed by atoms with Crippen molar-refractivity contribution in [3.63, 3.8) is 0 Å². The average molecular weight is 246 g/mol. The van der Waals surface area contributed by atoms with Gasteiger partial charge in [0.2, 0.25) is 5.91 Å². The SMILES string of the molecule is CC(C)NC(=O)CNCc1cc2ccccc2o1. The Bertz CT molecular complexity index is 498. The molecule has 0 saturated heterocycles. The van der Waals surface area contributed by atoms with Gasteiger partial charge in [-0.3, -0.25) is 4.79 Å². The Kier molecular flexibility index (Phi) is 3.99. The van der Waals surface area contributed by atoms with E-state index < -0.39 is 0 Å². The minimum atomic E-state index is 0.00103. The number of fused-ring (bicyclic) bond motifs is 1. The van der Waals surface area contributed by atoms with E-state index >= 15 is 0 Å². The number of para-hydroxylation sites is 1. The van der Waals surface area contributed by atoms with E-state index in [2.05, 4.69) is 10.6 Å². The molecule has 2 N–H and O–H groups in total. The van der Waals surface area contributed by atoms with Crippen LogP contribution >= 0.6 is 0 Å². The number of amides is 1. The van der Waals surface area contributed by atoms with Crippen LogP contribution in [-0.4, -0.2) is 18.5 Å². The van der Waals surface area contributed by atoms with Crippen LogP contribution in [0.1, 0.15) is 19.6 Å². The van der Waals surface area contributed by atoms with Gasteiger partial charge in [0.15, 0.2) is 0 Å². The zero-order valence-corrected chi connectivity index (χ0v) is 10.7. The Labute approximate surface area is 106 Å². The number of nitrogens with one attached hydrogen (secondary N) is 2. The van der Waals surface area contributed by atoms with E-state index in [1.807, 2.05) is 44.2 Å². The molecule has 96 valence electrons. The van der Waals surface area contributed by atoms with Crippen molar-refractivity contribution in [1.29, 1.82) is 0 Å². The minimum Gasteiger partial charge on any atom is -0.460 e. The Balaban J connectivity index is 1.85. The van der Waals surface area contributed by atoms with Crippen LogP contribution in [0.25, 0.3) is 11.0 Å². The largest absolute Gasteiger partial charge is 0.460 e. The zero-order chi connectivity index (χ0) is 13.0. The van der Waals surface area contributed by atoms with E-state index in [0.717, 1.165) is 16.7 Å². The van der Waals surface area contributed by atoms with Crippen molar-refractivity contribution in [2.45, 2.75) is 26.4 Å². The molecule has 2 rings (SSSR count). The number of hydrogen-bond donors (Lipinski definition) is 2. The molecule has 2 aromatic rings. The van der Waals surface area contributed by atoms with Crippen LogP contribution in [0.3, 0.4) is 0 Å². The first-order valence-electron chi connectivity index (χ1n) is 6.12. The summed E-state index contributed by atoms with van der Waals surface area (Å²) in [5.74, 6) is 0.842. The van der Waals surface area contributed by atoms with Crippen LogP contribution in [0, 0.1) is 0 Å². The van der Waals surface area contributed by atoms with E-state index in [9.17, 15) is 4.79 Å². The Morgan fingerprint density at radius 1 is 1.33 bits per heavy atom. The third kappa shape index (κ3) is 3.34. The second-order valence-corrected chi connectivity index (χ2v) is 4.58. The fraction of sp³-hybridized carbons (Fsp3) is 0.357. The summed E-state index contributed by atoms with van der Waals surface area (Å²) in [5.41, 5.74) is 0.876. The van der Waals surface area contributed by atoms with Gasteiger partial charge in [0.05, 0.1) is 13.1 Å². The number of hydrogen-bond acceptors (Lipinski definition) is 3. The fourth-order valence-electron chi connectivity index (χ4n) is 1.80. The van der Waals surface area contributed by atoms with E-state index in [-0.39, 0.29) is 11.9 Å². The van der Waals surface area contributed by atoms with E-state index in [0.29, 0.717) is 13.1 Å². The maximum absolute atomic E-state index is 11.4. The Morgan fingerprint density at radius 2 is 2.11 bits per heavy atom. The average Bonchev–Trinajstić information content (AvgIpc) is 2.70. The maximum atomic E-state index is 11.4. The van der Waals surface area contributed by atoms with E-state index in [4.69, 9.17) is 4.42 Å². The summed E-state index contributed by atoms with van der Waals surface area (Å²) in [5, 5.41) is 6.97. The van der Waals surface area contributed by atoms with Crippen LogP contribution < -0.4 is 10.6 Å². The molecule has 1 aromatic heterocycles. The monoisotopic (exact) mass is 246 g/mol. The lowest BCUT2D eigenvalue weighted by atomic mass is 10.2. The third-order valence-electron chi connectivity index (χ3n) is 2.51. The van der Waals surface area contributed by atoms with Gasteiger partial charge in [-0.2, -0.15) is 0 Å². The van der Waals surface area contributed by atoms with Crippen LogP contribution in [0.5, 0.6) is 0 Å². The highest BCUT2D eigenvalue weighted by molar-refractivity contribution is 5.78. The van der Waals surface area contributed by atoms with Gasteiger partial charge in [-0.25, -0.2) is 0 Å². The second kappa shape index (κ2) is 5.69. The van der Waals surface area contributed by atoms with Crippen molar-refractivity contribution >= 4 is 16.9 Å². The first kappa shape index (κ1) is 12.6. The normalized spacial score (nSPS) is 11.1. The summed E-state index contributed by atoms with van der Waals surface area (Å²) in [4.78, 5) is 11.4. The molecule has 0 bridgehead atoms. The highest BCUT2D eigenvalue weighted by Gasteiger charge is 2.05. The van der Waals surface area contributed by atoms with Crippen molar-refractivity contribution < 1.29 is 9.21 Å². The fourth-order valence-corrected chi connectivity index (χ4v) is 1.80. The molecule has 4 heteroatoms. The predicted molar refractivity (Wildman–Crippen MR) is 71.2 cm³/mol. The van der Waals surface area contributed by atoms with Gasteiger partial charge in [0.1, 0.15) is 11.3 Å². The van der Waals surface area contributed by atoms with Crippen molar-refractivity contribution in [3.8, 4) is 0 Å². The number of benzene rings is 1. The molecular weight excluding hydrogens is 228 g/mol. The molecule has 0 aliphatic carbocycles. The van der Waals surface area contributed by atoms with Gasteiger partial charge >= 0.3 is 0 Å². The van der Waals surface area contributed by atoms with E-state index in [1.54, 1.807) is 0 Å². The third-order valence-corrected chi connectivity index (χ3v) is 2.51. The molecule has 18 heavy (non-hydrogen) atoms. The van der Waals surface area contributed by atoms with Crippen molar-refractivity contribution in [1.82, 2.24) is 10.6 Å². The summed E-state index contributed by atoms with van der Waals surface area (Å²) < 4.78 is 5.64. The number of rotatable bonds is 5. The van der Waals surface area contributed by atoms with Gasteiger partial charge < -0.3 is 15.1 Å². The lowest BCUT2D eigenvalue weighted by Gasteiger charge is -2.08. The Hall–Kier alpha value is -1.81. The van der Waals surface area contributed by atoms with Gasteiger partial charge in [-0.15, -0.1) is 0 Å². The molecule has 1 amide bonds. The summed E-state index contributed by atoms with van der Waals surface area (Å²) in [6.45, 7) is 4.74. The van der Waals surface area contributed by atoms with Gasteiger partial charge in [-0.1, -0.05) is 18.2 Å². The lowest BCUT2D eigenvalue weighted by molar-refractivity contribution is -0.120. The van der Waals surface area contributed by atoms with Gasteiger partial charge in [0.25, 0.3) is 0 Å². The Morgan fingerprint density at radius 3 is 2.83 bits per heavy atom. The van der Waals surface area contributed by atoms with E-state index in [1.165, 1.54) is 0 Å². The molecule has 0 spiro atoms. The smallest absolute Gasteiger partial charge is 0.234 e. The molecular formula is C14H18N2O2. The maximum Gasteiger partial charge on any atom is 0.234 e. The molecule has 0 fully saturated rings. The quantitative estimate of drug-likeness (QED) is 0.849. The number of furan rings is 1. The molecule has 0 aliphatic heterocycles. The summed E-state index contributed by atoms with van der Waals surface area (Å²) in [6.07, 6.45) is 0. The molecule has 4 nitrogen and oxygen atoms in total. The standard InChI is InChI=1S/C14H18N2O2/c1-10(2)16-14(17)9-15-8-12-7-11-5-3-4-6-13(11)18-12/h3-7,10,15H,8-9H2,1-2H3,(H,16,17). The summed E-state index contributed by atoms with van der Waals surface area (Å²) >= 11 is 0. The first-order valence-corrected chi connectivity index (χ1v) is 6.12. The summed E-state index contributed by atoms with van der Waals surface area (Å²) in [6, 6.07) is 10.0. The second-order valence-electron chi connectivity index (χ2n) is 4.58. The van der Waals surface area contributed by atoms with Crippen molar-refractivity contribution in [3.05, 3.63) is 36.1 Å². The molecule has 0 atom stereocenters. The molecule has 1 heterocycles. The molecule has 0 aliphatic rings. The van der Waals surface area contributed by atoms with Crippen molar-refractivity contribution in [2.24, 2.45) is 0 Å². The minimum absolute atomic E-state index is 0.00103. The van der Waals surface area contributed by atoms with Crippen LogP contribution in [0.15, 0.2) is 34.7 Å². The molecule has 0 unspecified atom stereocenters. The molecule has 0 radical (unpaired) electrons. The lowest BCUT2D eigenvalue weighted by Crippen LogP contribution is -2.37. The van der Waals surface area contributed by atoms with Gasteiger partial charge in [-0.05, 0) is 26.0 Å². The topological polar surface area (TPSA) is 54.3 Å². The number of carbonyl (C=O) groups is 1. The molecule has 0 saturated carbocycles.